The molecule has 10 aromatic carbocycles. The van der Waals surface area contributed by atoms with Gasteiger partial charge in [0.05, 0.1) is 22.7 Å². The number of hydrogen-bond acceptors (Lipinski definition) is 4. The molecule has 0 unspecified atom stereocenters. The monoisotopic (exact) mass is 856 g/mol. The maximum absolute atomic E-state index is 6.92. The zero-order chi connectivity index (χ0) is 45.0. The summed E-state index contributed by atoms with van der Waals surface area (Å²) in [6.45, 7) is 16.0. The third kappa shape index (κ3) is 6.26. The molecule has 66 heavy (non-hydrogen) atoms. The van der Waals surface area contributed by atoms with Crippen LogP contribution in [0.2, 0.25) is 0 Å². The fraction of sp³-hybridized carbons (Fsp3) is 0.161. The van der Waals surface area contributed by atoms with E-state index in [2.05, 4.69) is 234 Å². The average Bonchev–Trinajstić information content (AvgIpc) is 3.91. The summed E-state index contributed by atoms with van der Waals surface area (Å²) in [6, 6.07) is 64.7. The van der Waals surface area contributed by atoms with E-state index in [9.17, 15) is 0 Å². The smallest absolute Gasteiger partial charge is 0.159 e. The summed E-state index contributed by atoms with van der Waals surface area (Å²) >= 11 is 0. The molecule has 12 aromatic rings. The third-order valence-corrected chi connectivity index (χ3v) is 13.9. The summed E-state index contributed by atoms with van der Waals surface area (Å²) in [7, 11) is 0. The number of hydrogen-bond donors (Lipinski definition) is 0. The number of nitrogens with zero attached hydrogens (tertiary/aromatic N) is 2. The van der Waals surface area contributed by atoms with Crippen LogP contribution < -0.4 is 9.80 Å². The number of rotatable bonds is 8. The Hall–Kier alpha value is -7.56. The van der Waals surface area contributed by atoms with Crippen LogP contribution in [0.5, 0.6) is 0 Å². The molecule has 0 bridgehead atoms. The van der Waals surface area contributed by atoms with Gasteiger partial charge in [0.25, 0.3) is 0 Å². The minimum atomic E-state index is -0.0201. The topological polar surface area (TPSA) is 32.8 Å². The molecule has 0 saturated carbocycles. The molecule has 0 amide bonds. The van der Waals surface area contributed by atoms with Crippen molar-refractivity contribution in [1.29, 1.82) is 0 Å². The van der Waals surface area contributed by atoms with E-state index in [1.54, 1.807) is 0 Å². The van der Waals surface area contributed by atoms with Crippen molar-refractivity contribution in [2.45, 2.75) is 65.7 Å². The number of anilines is 6. The lowest BCUT2D eigenvalue weighted by Gasteiger charge is -2.33. The average molecular weight is 857 g/mol. The Bertz CT molecular complexity index is 3600. The number of furan rings is 2. The van der Waals surface area contributed by atoms with Crippen molar-refractivity contribution in [3.05, 3.63) is 193 Å². The van der Waals surface area contributed by atoms with Crippen molar-refractivity contribution in [2.24, 2.45) is 0 Å². The lowest BCUT2D eigenvalue weighted by atomic mass is 9.83. The standard InChI is InChI=1S/C62H52N2O2/c1-37(2)39-16-12-18-44(34-39)63(52-24-14-22-48-46-20-8-10-26-56(46)65-60(48)52)54-36-55(51-31-29-42-33-43(62(5,6)7)32-41-28-30-50(54)59(51)58(41)42)64(45-19-13-17-40(35-45)38(3)4)53-25-15-23-49-47-21-9-11-27-57(47)66-61(49)53/h8-38H,1-7H3. The predicted octanol–water partition coefficient (Wildman–Crippen LogP) is 18.9. The van der Waals surface area contributed by atoms with Crippen molar-refractivity contribution >= 4 is 110 Å². The van der Waals surface area contributed by atoms with Crippen LogP contribution in [0.1, 0.15) is 77.0 Å². The number of fused-ring (bicyclic) bond motifs is 6. The molecule has 0 saturated heterocycles. The van der Waals surface area contributed by atoms with E-state index < -0.39 is 0 Å². The quantitative estimate of drug-likeness (QED) is 0.143. The molecule has 2 aromatic heterocycles. The first-order valence-electron chi connectivity index (χ1n) is 23.4. The van der Waals surface area contributed by atoms with Crippen LogP contribution in [0, 0.1) is 0 Å². The summed E-state index contributed by atoms with van der Waals surface area (Å²) in [5.74, 6) is 0.659. The zero-order valence-electron chi connectivity index (χ0n) is 38.6. The molecule has 0 spiro atoms. The van der Waals surface area contributed by atoms with Gasteiger partial charge in [-0.25, -0.2) is 0 Å². The van der Waals surface area contributed by atoms with E-state index in [4.69, 9.17) is 8.83 Å². The molecule has 322 valence electrons. The van der Waals surface area contributed by atoms with E-state index in [0.29, 0.717) is 11.8 Å². The van der Waals surface area contributed by atoms with Crippen LogP contribution in [0.4, 0.5) is 34.1 Å². The highest BCUT2D eigenvalue weighted by Gasteiger charge is 2.29. The van der Waals surface area contributed by atoms with Gasteiger partial charge in [-0.05, 0) is 105 Å². The van der Waals surface area contributed by atoms with Crippen molar-refractivity contribution in [2.75, 3.05) is 9.80 Å². The lowest BCUT2D eigenvalue weighted by molar-refractivity contribution is 0.591. The molecule has 4 nitrogen and oxygen atoms in total. The second-order valence-electron chi connectivity index (χ2n) is 19.7. The van der Waals surface area contributed by atoms with Crippen molar-refractivity contribution in [3.8, 4) is 0 Å². The van der Waals surface area contributed by atoms with E-state index in [1.165, 1.54) is 38.2 Å². The Balaban J connectivity index is 1.26. The van der Waals surface area contributed by atoms with Crippen LogP contribution >= 0.6 is 0 Å². The van der Waals surface area contributed by atoms with Gasteiger partial charge in [0.1, 0.15) is 11.2 Å². The fourth-order valence-electron chi connectivity index (χ4n) is 10.4. The molecular weight excluding hydrogens is 805 g/mol. The van der Waals surface area contributed by atoms with Gasteiger partial charge in [-0.1, -0.05) is 170 Å². The summed E-state index contributed by atoms with van der Waals surface area (Å²) in [4.78, 5) is 4.91. The molecule has 0 atom stereocenters. The Labute approximate surface area is 385 Å². The predicted molar refractivity (Wildman–Crippen MR) is 281 cm³/mol. The van der Waals surface area contributed by atoms with Gasteiger partial charge in [-0.3, -0.25) is 0 Å². The van der Waals surface area contributed by atoms with Gasteiger partial charge in [0.15, 0.2) is 11.2 Å². The van der Waals surface area contributed by atoms with Crippen molar-refractivity contribution in [1.82, 2.24) is 0 Å². The Morgan fingerprint density at radius 1 is 0.379 bits per heavy atom. The molecule has 4 heteroatoms. The molecule has 0 aliphatic carbocycles. The van der Waals surface area contributed by atoms with Crippen LogP contribution in [0.3, 0.4) is 0 Å². The van der Waals surface area contributed by atoms with E-state index in [0.717, 1.165) is 88.8 Å². The van der Waals surface area contributed by atoms with Crippen molar-refractivity contribution in [3.63, 3.8) is 0 Å². The van der Waals surface area contributed by atoms with Crippen LogP contribution in [0.15, 0.2) is 185 Å². The second kappa shape index (κ2) is 15.0. The second-order valence-corrected chi connectivity index (χ2v) is 19.7. The maximum atomic E-state index is 6.92. The minimum Gasteiger partial charge on any atom is -0.454 e. The Morgan fingerprint density at radius 2 is 0.818 bits per heavy atom. The molecular formula is C62H52N2O2. The SMILES string of the molecule is CC(C)c1cccc(N(c2cc(N(c3cccc(C(C)C)c3)c3cccc4c3oc3ccccc34)c3ccc4cc(C(C)(C)C)cc5ccc2c3c54)c2cccc3c2oc2ccccc23)c1. The first kappa shape index (κ1) is 40.0. The van der Waals surface area contributed by atoms with Gasteiger partial charge in [0, 0.05) is 49.1 Å². The van der Waals surface area contributed by atoms with Crippen LogP contribution in [-0.2, 0) is 5.41 Å². The zero-order valence-corrected chi connectivity index (χ0v) is 38.6. The van der Waals surface area contributed by atoms with Crippen molar-refractivity contribution < 1.29 is 8.83 Å². The molecule has 0 radical (unpaired) electrons. The summed E-state index contributed by atoms with van der Waals surface area (Å²) in [5.41, 5.74) is 13.5. The van der Waals surface area contributed by atoms with Gasteiger partial charge in [-0.15, -0.1) is 0 Å². The molecule has 0 N–H and O–H groups in total. The van der Waals surface area contributed by atoms with Crippen LogP contribution in [-0.4, -0.2) is 0 Å². The molecule has 0 aliphatic heterocycles. The van der Waals surface area contributed by atoms with Gasteiger partial charge in [0.2, 0.25) is 0 Å². The first-order valence-corrected chi connectivity index (χ1v) is 23.4. The third-order valence-electron chi connectivity index (χ3n) is 13.9. The fourth-order valence-corrected chi connectivity index (χ4v) is 10.4. The van der Waals surface area contributed by atoms with Gasteiger partial charge >= 0.3 is 0 Å². The number of para-hydroxylation sites is 4. The van der Waals surface area contributed by atoms with Crippen LogP contribution in [0.25, 0.3) is 76.2 Å². The highest BCUT2D eigenvalue weighted by atomic mass is 16.3. The van der Waals surface area contributed by atoms with Gasteiger partial charge < -0.3 is 18.6 Å². The number of benzene rings is 10. The molecule has 0 fully saturated rings. The maximum Gasteiger partial charge on any atom is 0.159 e. The van der Waals surface area contributed by atoms with E-state index in [1.807, 2.05) is 0 Å². The van der Waals surface area contributed by atoms with Gasteiger partial charge in [-0.2, -0.15) is 0 Å². The minimum absolute atomic E-state index is 0.0201. The van der Waals surface area contributed by atoms with E-state index in [-0.39, 0.29) is 5.41 Å². The largest absolute Gasteiger partial charge is 0.454 e. The summed E-state index contributed by atoms with van der Waals surface area (Å²) in [5, 5.41) is 11.7. The summed E-state index contributed by atoms with van der Waals surface area (Å²) in [6.07, 6.45) is 0. The molecule has 2 heterocycles. The Kier molecular flexibility index (Phi) is 9.09. The highest BCUT2D eigenvalue weighted by molar-refractivity contribution is 6.29. The normalized spacial score (nSPS) is 12.4. The summed E-state index contributed by atoms with van der Waals surface area (Å²) < 4.78 is 13.8. The van der Waals surface area contributed by atoms with E-state index >= 15 is 0 Å². The molecule has 12 rings (SSSR count). The Morgan fingerprint density at radius 3 is 1.27 bits per heavy atom. The lowest BCUT2D eigenvalue weighted by Crippen LogP contribution is -2.15. The highest BCUT2D eigenvalue weighted by Crippen LogP contribution is 2.53. The first-order chi connectivity index (χ1) is 32.0. The molecule has 0 aliphatic rings.